The fourth-order valence-electron chi connectivity index (χ4n) is 1.77. The van der Waals surface area contributed by atoms with E-state index < -0.39 is 9.84 Å². The molecule has 0 atom stereocenters. The molecule has 0 radical (unpaired) electrons. The van der Waals surface area contributed by atoms with E-state index in [9.17, 15) is 8.42 Å². The Morgan fingerprint density at radius 3 is 2.16 bits per heavy atom. The quantitative estimate of drug-likeness (QED) is 0.947. The van der Waals surface area contributed by atoms with Crippen LogP contribution in [0.5, 0.6) is 0 Å². The maximum absolute atomic E-state index is 11.4. The number of hydrogen-bond donors (Lipinski definition) is 1. The van der Waals surface area contributed by atoms with Gasteiger partial charge in [-0.3, -0.25) is 0 Å². The van der Waals surface area contributed by atoms with Crippen LogP contribution in [0.2, 0.25) is 0 Å². The monoisotopic (exact) mass is 297 g/mol. The zero-order valence-electron chi connectivity index (χ0n) is 10.5. The molecule has 102 valence electrons. The molecule has 0 saturated heterocycles. The fraction of sp³-hybridized carbons (Fsp3) is 0.143. The van der Waals surface area contributed by atoms with Crippen LogP contribution < -0.4 is 5.73 Å². The number of sulfone groups is 1. The highest BCUT2D eigenvalue weighted by Gasteiger charge is 2.06. The van der Waals surface area contributed by atoms with Crippen LogP contribution >= 0.6 is 12.4 Å². The van der Waals surface area contributed by atoms with E-state index >= 15 is 0 Å². The van der Waals surface area contributed by atoms with Crippen LogP contribution in [0.1, 0.15) is 5.56 Å². The molecular formula is C14H16ClNO2S. The summed E-state index contributed by atoms with van der Waals surface area (Å²) in [6, 6.07) is 14.8. The van der Waals surface area contributed by atoms with Gasteiger partial charge in [0.05, 0.1) is 4.90 Å². The Hall–Kier alpha value is -1.36. The van der Waals surface area contributed by atoms with Gasteiger partial charge >= 0.3 is 0 Å². The SMILES string of the molecule is CS(=O)(=O)c1ccc(-c2cccc(CN)c2)cc1.Cl. The molecule has 0 fully saturated rings. The first-order valence-corrected chi connectivity index (χ1v) is 7.49. The summed E-state index contributed by atoms with van der Waals surface area (Å²) in [7, 11) is -3.13. The van der Waals surface area contributed by atoms with Crippen LogP contribution in [-0.2, 0) is 16.4 Å². The maximum atomic E-state index is 11.4. The van der Waals surface area contributed by atoms with Crippen molar-refractivity contribution in [3.8, 4) is 11.1 Å². The molecule has 0 unspecified atom stereocenters. The van der Waals surface area contributed by atoms with Crippen molar-refractivity contribution in [2.75, 3.05) is 6.26 Å². The molecule has 0 aliphatic heterocycles. The Morgan fingerprint density at radius 1 is 1.00 bits per heavy atom. The molecule has 5 heteroatoms. The van der Waals surface area contributed by atoms with Gasteiger partial charge in [0.15, 0.2) is 9.84 Å². The lowest BCUT2D eigenvalue weighted by atomic mass is 10.0. The van der Waals surface area contributed by atoms with Crippen LogP contribution in [-0.4, -0.2) is 14.7 Å². The topological polar surface area (TPSA) is 60.2 Å². The summed E-state index contributed by atoms with van der Waals surface area (Å²) in [5.74, 6) is 0. The van der Waals surface area contributed by atoms with E-state index in [0.717, 1.165) is 16.7 Å². The summed E-state index contributed by atoms with van der Waals surface area (Å²) < 4.78 is 22.7. The second kappa shape index (κ2) is 6.19. The van der Waals surface area contributed by atoms with Gasteiger partial charge in [0.2, 0.25) is 0 Å². The second-order valence-corrected chi connectivity index (χ2v) is 6.22. The largest absolute Gasteiger partial charge is 0.326 e. The minimum Gasteiger partial charge on any atom is -0.326 e. The third kappa shape index (κ3) is 3.80. The van der Waals surface area contributed by atoms with Crippen molar-refractivity contribution < 1.29 is 8.42 Å². The zero-order chi connectivity index (χ0) is 13.2. The van der Waals surface area contributed by atoms with Crippen molar-refractivity contribution in [3.05, 3.63) is 54.1 Å². The lowest BCUT2D eigenvalue weighted by Crippen LogP contribution is -1.97. The van der Waals surface area contributed by atoms with Crippen LogP contribution in [0.25, 0.3) is 11.1 Å². The molecule has 0 aromatic heterocycles. The van der Waals surface area contributed by atoms with Crippen LogP contribution in [0.3, 0.4) is 0 Å². The molecule has 0 aliphatic rings. The highest BCUT2D eigenvalue weighted by atomic mass is 35.5. The number of hydrogen-bond acceptors (Lipinski definition) is 3. The van der Waals surface area contributed by atoms with Crippen molar-refractivity contribution >= 4 is 22.2 Å². The van der Waals surface area contributed by atoms with Gasteiger partial charge in [-0.15, -0.1) is 12.4 Å². The maximum Gasteiger partial charge on any atom is 0.175 e. The Labute approximate surface area is 119 Å². The molecular weight excluding hydrogens is 282 g/mol. The summed E-state index contributed by atoms with van der Waals surface area (Å²) in [4.78, 5) is 0.334. The van der Waals surface area contributed by atoms with Gasteiger partial charge < -0.3 is 5.73 Å². The summed E-state index contributed by atoms with van der Waals surface area (Å²) in [5, 5.41) is 0. The van der Waals surface area contributed by atoms with Crippen molar-refractivity contribution in [3.63, 3.8) is 0 Å². The Morgan fingerprint density at radius 2 is 1.63 bits per heavy atom. The minimum absolute atomic E-state index is 0. The molecule has 0 amide bonds. The summed E-state index contributed by atoms with van der Waals surface area (Å²) in [5.41, 5.74) is 8.68. The van der Waals surface area contributed by atoms with Gasteiger partial charge in [0.1, 0.15) is 0 Å². The van der Waals surface area contributed by atoms with E-state index in [1.165, 1.54) is 6.26 Å². The zero-order valence-corrected chi connectivity index (χ0v) is 12.2. The minimum atomic E-state index is -3.13. The first-order chi connectivity index (χ1) is 8.50. The van der Waals surface area contributed by atoms with Crippen molar-refractivity contribution in [2.45, 2.75) is 11.4 Å². The van der Waals surface area contributed by atoms with Crippen LogP contribution in [0, 0.1) is 0 Å². The van der Waals surface area contributed by atoms with E-state index in [1.807, 2.05) is 36.4 Å². The van der Waals surface area contributed by atoms with Crippen molar-refractivity contribution in [1.82, 2.24) is 0 Å². The van der Waals surface area contributed by atoms with Crippen molar-refractivity contribution in [2.24, 2.45) is 5.73 Å². The normalized spacial score (nSPS) is 10.8. The third-order valence-electron chi connectivity index (χ3n) is 2.78. The number of rotatable bonds is 3. The molecule has 0 bridgehead atoms. The Bertz CT molecular complexity index is 651. The fourth-order valence-corrected chi connectivity index (χ4v) is 2.40. The smallest absolute Gasteiger partial charge is 0.175 e. The second-order valence-electron chi connectivity index (χ2n) is 4.20. The number of benzene rings is 2. The highest BCUT2D eigenvalue weighted by molar-refractivity contribution is 7.90. The lowest BCUT2D eigenvalue weighted by Gasteiger charge is -2.05. The molecule has 0 aliphatic carbocycles. The molecule has 0 heterocycles. The molecule has 2 aromatic rings. The predicted molar refractivity (Wildman–Crippen MR) is 80.1 cm³/mol. The summed E-state index contributed by atoms with van der Waals surface area (Å²) in [6.45, 7) is 0.495. The van der Waals surface area contributed by atoms with E-state index in [2.05, 4.69) is 0 Å². The number of halogens is 1. The summed E-state index contributed by atoms with van der Waals surface area (Å²) >= 11 is 0. The van der Waals surface area contributed by atoms with Gasteiger partial charge in [-0.05, 0) is 34.9 Å². The Kier molecular flexibility index (Phi) is 5.11. The number of nitrogens with two attached hydrogens (primary N) is 1. The molecule has 0 saturated carbocycles. The van der Waals surface area contributed by atoms with Gasteiger partial charge in [-0.1, -0.05) is 30.3 Å². The molecule has 19 heavy (non-hydrogen) atoms. The Balaban J connectivity index is 0.00000180. The van der Waals surface area contributed by atoms with Crippen molar-refractivity contribution in [1.29, 1.82) is 0 Å². The van der Waals surface area contributed by atoms with E-state index in [1.54, 1.807) is 12.1 Å². The van der Waals surface area contributed by atoms with E-state index in [-0.39, 0.29) is 12.4 Å². The molecule has 2 N–H and O–H groups in total. The molecule has 2 rings (SSSR count). The molecule has 0 spiro atoms. The third-order valence-corrected chi connectivity index (χ3v) is 3.91. The average molecular weight is 298 g/mol. The predicted octanol–water partition coefficient (Wildman–Crippen LogP) is 2.64. The van der Waals surface area contributed by atoms with E-state index in [4.69, 9.17) is 5.73 Å². The van der Waals surface area contributed by atoms with Gasteiger partial charge in [-0.25, -0.2) is 8.42 Å². The highest BCUT2D eigenvalue weighted by Crippen LogP contribution is 2.22. The van der Waals surface area contributed by atoms with Crippen LogP contribution in [0.4, 0.5) is 0 Å². The van der Waals surface area contributed by atoms with Gasteiger partial charge in [0, 0.05) is 12.8 Å². The van der Waals surface area contributed by atoms with Gasteiger partial charge in [0.25, 0.3) is 0 Å². The lowest BCUT2D eigenvalue weighted by molar-refractivity contribution is 0.602. The first-order valence-electron chi connectivity index (χ1n) is 5.60. The summed E-state index contributed by atoms with van der Waals surface area (Å²) in [6.07, 6.45) is 1.21. The average Bonchev–Trinajstić information content (AvgIpc) is 2.38. The first kappa shape index (κ1) is 15.7. The van der Waals surface area contributed by atoms with Crippen LogP contribution in [0.15, 0.2) is 53.4 Å². The standard InChI is InChI=1S/C14H15NO2S.ClH/c1-18(16,17)14-7-5-12(6-8-14)13-4-2-3-11(9-13)10-15;/h2-9H,10,15H2,1H3;1H. The van der Waals surface area contributed by atoms with Gasteiger partial charge in [-0.2, -0.15) is 0 Å². The van der Waals surface area contributed by atoms with E-state index in [0.29, 0.717) is 11.4 Å². The molecule has 3 nitrogen and oxygen atoms in total. The molecule has 2 aromatic carbocycles.